The zero-order valence-corrected chi connectivity index (χ0v) is 12.8. The van der Waals surface area contributed by atoms with Crippen molar-refractivity contribution in [2.75, 3.05) is 0 Å². The summed E-state index contributed by atoms with van der Waals surface area (Å²) < 4.78 is 1.67. The molecule has 7 nitrogen and oxygen atoms in total. The predicted octanol–water partition coefficient (Wildman–Crippen LogP) is 1.45. The van der Waals surface area contributed by atoms with Crippen LogP contribution >= 0.6 is 11.3 Å². The van der Waals surface area contributed by atoms with Gasteiger partial charge in [-0.25, -0.2) is 4.98 Å². The fourth-order valence-electron chi connectivity index (χ4n) is 1.86. The highest BCUT2D eigenvalue weighted by Crippen LogP contribution is 2.27. The molecule has 1 atom stereocenters. The Kier molecular flexibility index (Phi) is 4.37. The maximum atomic E-state index is 12.2. The Morgan fingerprint density at radius 1 is 1.52 bits per heavy atom. The van der Waals surface area contributed by atoms with Crippen LogP contribution in [0.25, 0.3) is 10.6 Å². The summed E-state index contributed by atoms with van der Waals surface area (Å²) in [7, 11) is 1.81. The number of amides is 1. The van der Waals surface area contributed by atoms with Crippen LogP contribution in [0.3, 0.4) is 0 Å². The van der Waals surface area contributed by atoms with Gasteiger partial charge in [-0.05, 0) is 13.8 Å². The molecule has 0 bridgehead atoms. The summed E-state index contributed by atoms with van der Waals surface area (Å²) in [6.45, 7) is 3.41. The third kappa shape index (κ3) is 3.66. The number of aryl methyl sites for hydroxylation is 2. The maximum absolute atomic E-state index is 12.2. The first-order chi connectivity index (χ1) is 9.86. The van der Waals surface area contributed by atoms with Crippen molar-refractivity contribution in [2.45, 2.75) is 26.3 Å². The Morgan fingerprint density at radius 2 is 2.24 bits per heavy atom. The molecule has 0 saturated carbocycles. The van der Waals surface area contributed by atoms with Crippen molar-refractivity contribution in [3.63, 3.8) is 0 Å². The van der Waals surface area contributed by atoms with Gasteiger partial charge in [0, 0.05) is 24.8 Å². The third-order valence-electron chi connectivity index (χ3n) is 2.81. The molecule has 2 N–H and O–H groups in total. The lowest BCUT2D eigenvalue weighted by atomic mass is 10.2. The molecule has 0 spiro atoms. The second-order valence-electron chi connectivity index (χ2n) is 4.81. The molecule has 0 aromatic carbocycles. The lowest BCUT2D eigenvalue weighted by Gasteiger charge is -2.10. The molecular weight excluding hydrogens is 292 g/mol. The number of hydrogen-bond acceptors (Lipinski definition) is 5. The van der Waals surface area contributed by atoms with Crippen molar-refractivity contribution in [1.29, 1.82) is 0 Å². The van der Waals surface area contributed by atoms with Crippen LogP contribution < -0.4 is 5.32 Å². The van der Waals surface area contributed by atoms with Crippen LogP contribution in [0, 0.1) is 6.92 Å². The molecule has 2 aromatic heterocycles. The number of aliphatic carboxylic acids is 1. The van der Waals surface area contributed by atoms with Gasteiger partial charge in [-0.2, -0.15) is 5.10 Å². The molecule has 0 aliphatic rings. The van der Waals surface area contributed by atoms with E-state index < -0.39 is 12.0 Å². The topological polar surface area (TPSA) is 97.1 Å². The number of hydrogen-bond donors (Lipinski definition) is 2. The zero-order valence-electron chi connectivity index (χ0n) is 12.0. The summed E-state index contributed by atoms with van der Waals surface area (Å²) in [5.74, 6) is -1.24. The van der Waals surface area contributed by atoms with E-state index in [1.165, 1.54) is 11.3 Å². The molecular formula is C13H16N4O3S. The third-order valence-corrected chi connectivity index (χ3v) is 4.02. The number of carboxylic acid groups (broad SMARTS) is 1. The van der Waals surface area contributed by atoms with Gasteiger partial charge in [-0.15, -0.1) is 11.3 Å². The molecule has 0 radical (unpaired) electrons. The Labute approximate surface area is 125 Å². The summed E-state index contributed by atoms with van der Waals surface area (Å²) in [4.78, 5) is 27.6. The second-order valence-corrected chi connectivity index (χ2v) is 5.81. The lowest BCUT2D eigenvalue weighted by molar-refractivity contribution is -0.137. The summed E-state index contributed by atoms with van der Waals surface area (Å²) >= 11 is 1.27. The van der Waals surface area contributed by atoms with E-state index in [9.17, 15) is 9.59 Å². The molecule has 0 saturated heterocycles. The number of thiazole rings is 1. The Balaban J connectivity index is 2.15. The quantitative estimate of drug-likeness (QED) is 0.871. The molecule has 0 aliphatic heterocycles. The average Bonchev–Trinajstić information content (AvgIpc) is 2.94. The molecule has 2 aromatic rings. The van der Waals surface area contributed by atoms with E-state index in [4.69, 9.17) is 5.11 Å². The molecule has 1 unspecified atom stereocenters. The average molecular weight is 308 g/mol. The highest BCUT2D eigenvalue weighted by atomic mass is 32.1. The first-order valence-corrected chi connectivity index (χ1v) is 7.17. The van der Waals surface area contributed by atoms with Gasteiger partial charge in [-0.1, -0.05) is 0 Å². The number of carbonyl (C=O) groups is 2. The van der Waals surface area contributed by atoms with Crippen LogP contribution in [-0.2, 0) is 11.8 Å². The van der Waals surface area contributed by atoms with Crippen molar-refractivity contribution in [2.24, 2.45) is 7.05 Å². The SMILES string of the molecule is Cc1nc(-c2cnn(C)c2)sc1C(=O)NC(C)CC(=O)O. The summed E-state index contributed by atoms with van der Waals surface area (Å²) in [6, 6.07) is -0.432. The monoisotopic (exact) mass is 308 g/mol. The number of carboxylic acids is 1. The highest BCUT2D eigenvalue weighted by Gasteiger charge is 2.19. The van der Waals surface area contributed by atoms with Crippen molar-refractivity contribution >= 4 is 23.2 Å². The number of nitrogens with zero attached hydrogens (tertiary/aromatic N) is 3. The van der Waals surface area contributed by atoms with E-state index in [-0.39, 0.29) is 12.3 Å². The minimum absolute atomic E-state index is 0.112. The van der Waals surface area contributed by atoms with Crippen molar-refractivity contribution in [3.05, 3.63) is 23.0 Å². The van der Waals surface area contributed by atoms with Crippen molar-refractivity contribution < 1.29 is 14.7 Å². The number of rotatable bonds is 5. The minimum Gasteiger partial charge on any atom is -0.481 e. The number of aromatic nitrogens is 3. The predicted molar refractivity (Wildman–Crippen MR) is 78.2 cm³/mol. The highest BCUT2D eigenvalue weighted by molar-refractivity contribution is 7.17. The molecule has 2 rings (SSSR count). The summed E-state index contributed by atoms with van der Waals surface area (Å²) in [6.07, 6.45) is 3.40. The second kappa shape index (κ2) is 6.04. The molecule has 112 valence electrons. The van der Waals surface area contributed by atoms with Gasteiger partial charge in [0.2, 0.25) is 0 Å². The van der Waals surface area contributed by atoms with Crippen molar-refractivity contribution in [3.8, 4) is 10.6 Å². The van der Waals surface area contributed by atoms with E-state index in [1.807, 2.05) is 13.2 Å². The van der Waals surface area contributed by atoms with E-state index in [0.29, 0.717) is 10.6 Å². The molecule has 21 heavy (non-hydrogen) atoms. The molecule has 2 heterocycles. The van der Waals surface area contributed by atoms with Crippen LogP contribution in [0.15, 0.2) is 12.4 Å². The summed E-state index contributed by atoms with van der Waals surface area (Å²) in [5.41, 5.74) is 1.47. The fourth-order valence-corrected chi connectivity index (χ4v) is 2.81. The van der Waals surface area contributed by atoms with Crippen LogP contribution in [0.4, 0.5) is 0 Å². The lowest BCUT2D eigenvalue weighted by Crippen LogP contribution is -2.34. The molecule has 0 aliphatic carbocycles. The van der Waals surface area contributed by atoms with Gasteiger partial charge in [-0.3, -0.25) is 14.3 Å². The van der Waals surface area contributed by atoms with Gasteiger partial charge >= 0.3 is 5.97 Å². The molecule has 0 fully saturated rings. The number of nitrogens with one attached hydrogen (secondary N) is 1. The normalized spacial score (nSPS) is 12.1. The van der Waals surface area contributed by atoms with Gasteiger partial charge in [0.15, 0.2) is 0 Å². The van der Waals surface area contributed by atoms with Crippen LogP contribution in [0.5, 0.6) is 0 Å². The van der Waals surface area contributed by atoms with E-state index >= 15 is 0 Å². The Hall–Kier alpha value is -2.22. The largest absolute Gasteiger partial charge is 0.481 e. The van der Waals surface area contributed by atoms with E-state index in [0.717, 1.165) is 10.6 Å². The van der Waals surface area contributed by atoms with Gasteiger partial charge < -0.3 is 10.4 Å². The molecule has 8 heteroatoms. The van der Waals surface area contributed by atoms with Crippen molar-refractivity contribution in [1.82, 2.24) is 20.1 Å². The minimum atomic E-state index is -0.945. The Morgan fingerprint density at radius 3 is 2.81 bits per heavy atom. The smallest absolute Gasteiger partial charge is 0.305 e. The Bertz CT molecular complexity index is 677. The maximum Gasteiger partial charge on any atom is 0.305 e. The van der Waals surface area contributed by atoms with Gasteiger partial charge in [0.1, 0.15) is 9.88 Å². The van der Waals surface area contributed by atoms with Gasteiger partial charge in [0.25, 0.3) is 5.91 Å². The number of carbonyl (C=O) groups excluding carboxylic acids is 1. The van der Waals surface area contributed by atoms with E-state index in [1.54, 1.807) is 24.7 Å². The first-order valence-electron chi connectivity index (χ1n) is 6.36. The molecule has 1 amide bonds. The summed E-state index contributed by atoms with van der Waals surface area (Å²) in [5, 5.41) is 16.2. The zero-order chi connectivity index (χ0) is 15.6. The standard InChI is InChI=1S/C13H16N4O3S/c1-7(4-10(18)19)15-12(20)11-8(2)16-13(21-11)9-5-14-17(3)6-9/h5-7H,4H2,1-3H3,(H,15,20)(H,18,19). The van der Waals surface area contributed by atoms with Crippen LogP contribution in [0.1, 0.15) is 28.7 Å². The first kappa shape index (κ1) is 15.2. The van der Waals surface area contributed by atoms with Gasteiger partial charge in [0.05, 0.1) is 18.3 Å². The van der Waals surface area contributed by atoms with Crippen LogP contribution in [0.2, 0.25) is 0 Å². The fraction of sp³-hybridized carbons (Fsp3) is 0.385. The van der Waals surface area contributed by atoms with Crippen LogP contribution in [-0.4, -0.2) is 37.8 Å². The van der Waals surface area contributed by atoms with E-state index in [2.05, 4.69) is 15.4 Å².